The van der Waals surface area contributed by atoms with Gasteiger partial charge in [-0.3, -0.25) is 4.79 Å². The Kier molecular flexibility index (Phi) is 6.09. The number of benzene rings is 2. The lowest BCUT2D eigenvalue weighted by molar-refractivity contribution is -0.153. The van der Waals surface area contributed by atoms with E-state index in [1.54, 1.807) is 13.4 Å². The number of hydrogen-bond donors (Lipinski definition) is 0. The highest BCUT2D eigenvalue weighted by atomic mass is 35.5. The number of morpholine rings is 1. The van der Waals surface area contributed by atoms with Gasteiger partial charge in [-0.15, -0.1) is 0 Å². The summed E-state index contributed by atoms with van der Waals surface area (Å²) in [6.45, 7) is 3.99. The molecule has 34 heavy (non-hydrogen) atoms. The topological polar surface area (TPSA) is 56.6 Å². The predicted octanol–water partition coefficient (Wildman–Crippen LogP) is 5.72. The van der Waals surface area contributed by atoms with Gasteiger partial charge < -0.3 is 18.9 Å². The number of carbonyl (C=O) groups is 1. The number of aromatic nitrogens is 2. The number of piperidine rings is 1. The van der Waals surface area contributed by atoms with Gasteiger partial charge in [0.15, 0.2) is 5.76 Å². The van der Waals surface area contributed by atoms with Crippen LogP contribution < -0.4 is 4.74 Å². The molecule has 3 aromatic rings. The first-order chi connectivity index (χ1) is 16.4. The van der Waals surface area contributed by atoms with Crippen molar-refractivity contribution in [3.8, 4) is 11.4 Å². The number of aryl methyl sites for hydroxylation is 1. The molecule has 0 saturated carbocycles. The van der Waals surface area contributed by atoms with Crippen LogP contribution in [-0.2, 0) is 9.53 Å². The minimum Gasteiger partial charge on any atom is -0.495 e. The van der Waals surface area contributed by atoms with E-state index >= 15 is 0 Å². The van der Waals surface area contributed by atoms with Gasteiger partial charge in [-0.05, 0) is 74.6 Å². The average Bonchev–Trinajstić information content (AvgIpc) is 3.28. The number of hydrogen-bond acceptors (Lipinski definition) is 4. The summed E-state index contributed by atoms with van der Waals surface area (Å²) < 4.78 is 13.7. The molecule has 0 spiro atoms. The number of imidazole rings is 1. The largest absolute Gasteiger partial charge is 0.495 e. The molecule has 2 aromatic carbocycles. The number of fused-ring (bicyclic) bond motifs is 1. The van der Waals surface area contributed by atoms with Crippen LogP contribution in [0.25, 0.3) is 11.8 Å². The highest BCUT2D eigenvalue weighted by Gasteiger charge is 2.44. The Labute approximate surface area is 204 Å². The van der Waals surface area contributed by atoms with Crippen LogP contribution >= 0.6 is 11.6 Å². The SMILES string of the molecule is COc1cc(C=C2OC(C)[C@H]3CCCC(c4ccc(Cl)cc4)N3C2=O)ccc1-n1cnc(C)c1. The molecule has 0 bridgehead atoms. The van der Waals surface area contributed by atoms with Crippen LogP contribution in [0.3, 0.4) is 0 Å². The van der Waals surface area contributed by atoms with Gasteiger partial charge in [0, 0.05) is 11.2 Å². The molecule has 2 aliphatic heterocycles. The lowest BCUT2D eigenvalue weighted by Crippen LogP contribution is -2.55. The highest BCUT2D eigenvalue weighted by molar-refractivity contribution is 6.30. The van der Waals surface area contributed by atoms with Gasteiger partial charge in [0.05, 0.1) is 36.9 Å². The molecule has 3 heterocycles. The van der Waals surface area contributed by atoms with E-state index in [0.29, 0.717) is 16.5 Å². The van der Waals surface area contributed by atoms with Crippen LogP contribution in [-0.4, -0.2) is 39.6 Å². The third-order valence-electron chi connectivity index (χ3n) is 6.72. The number of methoxy groups -OCH3 is 1. The Balaban J connectivity index is 1.47. The van der Waals surface area contributed by atoms with E-state index < -0.39 is 0 Å². The molecule has 1 amide bonds. The molecule has 0 aliphatic carbocycles. The molecule has 3 atom stereocenters. The number of rotatable bonds is 4. The molecule has 6 nitrogen and oxygen atoms in total. The number of nitrogens with zero attached hydrogens (tertiary/aromatic N) is 3. The molecule has 0 N–H and O–H groups in total. The Morgan fingerprint density at radius 3 is 2.68 bits per heavy atom. The summed E-state index contributed by atoms with van der Waals surface area (Å²) in [6, 6.07) is 13.7. The van der Waals surface area contributed by atoms with E-state index in [1.165, 1.54) is 0 Å². The fraction of sp³-hybridized carbons (Fsp3) is 0.333. The molecule has 176 valence electrons. The normalized spacial score (nSPS) is 23.5. The van der Waals surface area contributed by atoms with Gasteiger partial charge in [-0.1, -0.05) is 29.8 Å². The maximum atomic E-state index is 13.7. The van der Waals surface area contributed by atoms with E-state index in [2.05, 4.69) is 4.98 Å². The van der Waals surface area contributed by atoms with Crippen LogP contribution in [0.5, 0.6) is 5.75 Å². The number of amides is 1. The van der Waals surface area contributed by atoms with E-state index in [-0.39, 0.29) is 24.1 Å². The quantitative estimate of drug-likeness (QED) is 0.450. The van der Waals surface area contributed by atoms with E-state index in [1.807, 2.05) is 78.1 Å². The van der Waals surface area contributed by atoms with Crippen LogP contribution in [0.2, 0.25) is 5.02 Å². The van der Waals surface area contributed by atoms with Gasteiger partial charge in [-0.2, -0.15) is 0 Å². The van der Waals surface area contributed by atoms with E-state index in [0.717, 1.165) is 41.8 Å². The van der Waals surface area contributed by atoms with Crippen molar-refractivity contribution in [2.45, 2.75) is 51.3 Å². The maximum Gasteiger partial charge on any atom is 0.289 e. The van der Waals surface area contributed by atoms with Crippen LogP contribution in [0.4, 0.5) is 0 Å². The Hall–Kier alpha value is -3.25. The second-order valence-electron chi connectivity index (χ2n) is 8.96. The summed E-state index contributed by atoms with van der Waals surface area (Å²) in [5.74, 6) is 0.979. The van der Waals surface area contributed by atoms with Crippen molar-refractivity contribution in [1.82, 2.24) is 14.5 Å². The standard InChI is InChI=1S/C27H28ClN3O3/c1-17-15-30(16-29-17)24-12-7-19(13-25(24)33-3)14-26-27(32)31-22(18(2)34-26)5-4-6-23(31)20-8-10-21(28)11-9-20/h7-16,18,22-23H,4-6H2,1-3H3/t18?,22-,23?/m1/s1. The minimum atomic E-state index is -0.0888. The molecule has 2 saturated heterocycles. The molecule has 0 radical (unpaired) electrons. The first kappa shape index (κ1) is 22.5. The van der Waals surface area contributed by atoms with Crippen LogP contribution in [0.15, 0.2) is 60.7 Å². The van der Waals surface area contributed by atoms with E-state index in [4.69, 9.17) is 21.1 Å². The second kappa shape index (κ2) is 9.18. The number of halogens is 1. The van der Waals surface area contributed by atoms with Crippen molar-refractivity contribution in [2.24, 2.45) is 0 Å². The monoisotopic (exact) mass is 477 g/mol. The zero-order chi connectivity index (χ0) is 23.8. The predicted molar refractivity (Wildman–Crippen MR) is 132 cm³/mol. The molecule has 2 aliphatic rings. The van der Waals surface area contributed by atoms with Gasteiger partial charge in [-0.25, -0.2) is 4.98 Å². The third-order valence-corrected chi connectivity index (χ3v) is 6.97. The third kappa shape index (κ3) is 4.18. The number of ether oxygens (including phenoxy) is 2. The highest BCUT2D eigenvalue weighted by Crippen LogP contribution is 2.41. The zero-order valence-corrected chi connectivity index (χ0v) is 20.3. The van der Waals surface area contributed by atoms with Gasteiger partial charge in [0.25, 0.3) is 5.91 Å². The Morgan fingerprint density at radius 1 is 1.18 bits per heavy atom. The maximum absolute atomic E-state index is 13.7. The fourth-order valence-electron chi connectivity index (χ4n) is 5.05. The summed E-state index contributed by atoms with van der Waals surface area (Å²) in [7, 11) is 1.64. The Bertz CT molecular complexity index is 1230. The molecule has 2 fully saturated rings. The zero-order valence-electron chi connectivity index (χ0n) is 19.6. The minimum absolute atomic E-state index is 0.0136. The number of carbonyl (C=O) groups excluding carboxylic acids is 1. The lowest BCUT2D eigenvalue weighted by atomic mass is 9.87. The van der Waals surface area contributed by atoms with Gasteiger partial charge in [0.2, 0.25) is 0 Å². The lowest BCUT2D eigenvalue weighted by Gasteiger charge is -2.48. The van der Waals surface area contributed by atoms with Crippen molar-refractivity contribution in [3.05, 3.63) is 82.6 Å². The Morgan fingerprint density at radius 2 is 1.97 bits per heavy atom. The van der Waals surface area contributed by atoms with Crippen LogP contribution in [0, 0.1) is 6.92 Å². The van der Waals surface area contributed by atoms with E-state index in [9.17, 15) is 4.79 Å². The molecule has 5 rings (SSSR count). The van der Waals surface area contributed by atoms with Crippen molar-refractivity contribution >= 4 is 23.6 Å². The average molecular weight is 478 g/mol. The van der Waals surface area contributed by atoms with Crippen molar-refractivity contribution < 1.29 is 14.3 Å². The molecular formula is C27H28ClN3O3. The van der Waals surface area contributed by atoms with Crippen molar-refractivity contribution in [2.75, 3.05) is 7.11 Å². The molecule has 2 unspecified atom stereocenters. The summed E-state index contributed by atoms with van der Waals surface area (Å²) in [5.41, 5.74) is 3.76. The first-order valence-corrected chi connectivity index (χ1v) is 12.0. The van der Waals surface area contributed by atoms with Gasteiger partial charge in [0.1, 0.15) is 11.9 Å². The molecule has 7 heteroatoms. The second-order valence-corrected chi connectivity index (χ2v) is 9.40. The van der Waals surface area contributed by atoms with Crippen LogP contribution in [0.1, 0.15) is 49.0 Å². The summed E-state index contributed by atoms with van der Waals surface area (Å²) in [5, 5.41) is 0.696. The molecule has 1 aromatic heterocycles. The summed E-state index contributed by atoms with van der Waals surface area (Å²) in [6.07, 6.45) is 8.35. The van der Waals surface area contributed by atoms with Crippen molar-refractivity contribution in [3.63, 3.8) is 0 Å². The summed E-state index contributed by atoms with van der Waals surface area (Å²) >= 11 is 6.10. The van der Waals surface area contributed by atoms with Gasteiger partial charge >= 0.3 is 0 Å². The smallest absolute Gasteiger partial charge is 0.289 e. The molecular weight excluding hydrogens is 450 g/mol. The fourth-order valence-corrected chi connectivity index (χ4v) is 5.17. The first-order valence-electron chi connectivity index (χ1n) is 11.6. The summed E-state index contributed by atoms with van der Waals surface area (Å²) in [4.78, 5) is 20.0. The van der Waals surface area contributed by atoms with Crippen molar-refractivity contribution in [1.29, 1.82) is 0 Å².